The lowest BCUT2D eigenvalue weighted by Gasteiger charge is -2.20. The van der Waals surface area contributed by atoms with Crippen LogP contribution in [0.1, 0.15) is 52.2 Å². The molecular weight excluding hydrogens is 424 g/mol. The second-order valence-corrected chi connectivity index (χ2v) is 8.92. The summed E-state index contributed by atoms with van der Waals surface area (Å²) in [4.78, 5) is 42.3. The number of amides is 3. The van der Waals surface area contributed by atoms with Crippen molar-refractivity contribution in [3.63, 3.8) is 0 Å². The molecule has 7 nitrogen and oxygen atoms in total. The smallest absolute Gasteiger partial charge is 0.257 e. The van der Waals surface area contributed by atoms with Crippen molar-refractivity contribution in [1.29, 1.82) is 0 Å². The molecule has 3 N–H and O–H groups in total. The molecule has 0 spiro atoms. The molecule has 8 heteroatoms. The number of carbonyl (C=O) groups is 3. The minimum absolute atomic E-state index is 0.125. The second-order valence-electron chi connectivity index (χ2n) is 7.84. The van der Waals surface area contributed by atoms with Gasteiger partial charge in [-0.25, -0.2) is 4.98 Å². The third kappa shape index (κ3) is 5.03. The van der Waals surface area contributed by atoms with Crippen LogP contribution >= 0.6 is 11.3 Å². The number of rotatable bonds is 5. The summed E-state index contributed by atoms with van der Waals surface area (Å²) in [6, 6.07) is 14.3. The van der Waals surface area contributed by atoms with Gasteiger partial charge in [0, 0.05) is 28.7 Å². The predicted octanol–water partition coefficient (Wildman–Crippen LogP) is 4.72. The van der Waals surface area contributed by atoms with Gasteiger partial charge >= 0.3 is 0 Å². The highest BCUT2D eigenvalue weighted by atomic mass is 32.1. The van der Waals surface area contributed by atoms with E-state index in [1.54, 1.807) is 36.4 Å². The van der Waals surface area contributed by atoms with E-state index in [1.807, 2.05) is 19.1 Å². The number of nitrogens with zero attached hydrogens (tertiary/aromatic N) is 1. The van der Waals surface area contributed by atoms with Crippen molar-refractivity contribution in [3.8, 4) is 0 Å². The standard InChI is InChI=1S/C24H24N4O3S/c1-14-6-8-16(9-7-14)22(30)28-24-27-21-19(4-3-5-20(21)32-24)23(31)26-18-12-10-17(11-13-18)25-15(2)29/h6-13,19H,3-5H2,1-2H3,(H,25,29)(H,26,31)(H,27,28,30). The van der Waals surface area contributed by atoms with Gasteiger partial charge in [-0.15, -0.1) is 11.3 Å². The van der Waals surface area contributed by atoms with E-state index in [1.165, 1.54) is 18.3 Å². The Morgan fingerprint density at radius 3 is 2.25 bits per heavy atom. The largest absolute Gasteiger partial charge is 0.326 e. The number of aromatic nitrogens is 1. The van der Waals surface area contributed by atoms with Crippen molar-refractivity contribution < 1.29 is 14.4 Å². The van der Waals surface area contributed by atoms with Crippen LogP contribution in [0.5, 0.6) is 0 Å². The molecule has 164 valence electrons. The zero-order valence-electron chi connectivity index (χ0n) is 17.9. The Labute approximate surface area is 190 Å². The van der Waals surface area contributed by atoms with E-state index in [4.69, 9.17) is 0 Å². The number of benzene rings is 2. The lowest BCUT2D eigenvalue weighted by atomic mass is 9.90. The van der Waals surface area contributed by atoms with Crippen molar-refractivity contribution in [2.75, 3.05) is 16.0 Å². The Hall–Kier alpha value is -3.52. The molecule has 32 heavy (non-hydrogen) atoms. The second kappa shape index (κ2) is 9.32. The zero-order chi connectivity index (χ0) is 22.7. The summed E-state index contributed by atoms with van der Waals surface area (Å²) in [5, 5.41) is 9.02. The van der Waals surface area contributed by atoms with Gasteiger partial charge in [0.1, 0.15) is 0 Å². The van der Waals surface area contributed by atoms with Gasteiger partial charge in [0.05, 0.1) is 11.6 Å². The quantitative estimate of drug-likeness (QED) is 0.526. The molecule has 3 aromatic rings. The van der Waals surface area contributed by atoms with Gasteiger partial charge in [0.15, 0.2) is 5.13 Å². The first kappa shape index (κ1) is 21.7. The molecule has 1 heterocycles. The van der Waals surface area contributed by atoms with E-state index in [2.05, 4.69) is 20.9 Å². The van der Waals surface area contributed by atoms with Gasteiger partial charge in [-0.3, -0.25) is 19.7 Å². The summed E-state index contributed by atoms with van der Waals surface area (Å²) in [6.45, 7) is 3.42. The molecule has 4 rings (SSSR count). The number of fused-ring (bicyclic) bond motifs is 1. The lowest BCUT2D eigenvalue weighted by Crippen LogP contribution is -2.24. The first-order valence-corrected chi connectivity index (χ1v) is 11.3. The molecule has 3 amide bonds. The fourth-order valence-corrected chi connectivity index (χ4v) is 4.73. The molecular formula is C24H24N4O3S. The number of hydrogen-bond acceptors (Lipinski definition) is 5. The van der Waals surface area contributed by atoms with Crippen LogP contribution in [-0.2, 0) is 16.0 Å². The van der Waals surface area contributed by atoms with Crippen LogP contribution in [0, 0.1) is 6.92 Å². The third-order valence-corrected chi connectivity index (χ3v) is 6.32. The van der Waals surface area contributed by atoms with Gasteiger partial charge in [-0.1, -0.05) is 17.7 Å². The summed E-state index contributed by atoms with van der Waals surface area (Å²) in [7, 11) is 0. The average Bonchev–Trinajstić information content (AvgIpc) is 3.17. The molecule has 2 aromatic carbocycles. The van der Waals surface area contributed by atoms with Crippen LogP contribution in [0.2, 0.25) is 0 Å². The number of anilines is 3. The predicted molar refractivity (Wildman–Crippen MR) is 126 cm³/mol. The molecule has 1 unspecified atom stereocenters. The summed E-state index contributed by atoms with van der Waals surface area (Å²) in [5.74, 6) is -0.850. The number of nitrogens with one attached hydrogen (secondary N) is 3. The van der Waals surface area contributed by atoms with Crippen LogP contribution in [0.4, 0.5) is 16.5 Å². The molecule has 1 aliphatic rings. The van der Waals surface area contributed by atoms with Crippen LogP contribution in [-0.4, -0.2) is 22.7 Å². The van der Waals surface area contributed by atoms with Gasteiger partial charge < -0.3 is 10.6 Å². The topological polar surface area (TPSA) is 100 Å². The Balaban J connectivity index is 1.45. The molecule has 0 saturated heterocycles. The molecule has 1 atom stereocenters. The van der Waals surface area contributed by atoms with Crippen molar-refractivity contribution in [1.82, 2.24) is 4.98 Å². The van der Waals surface area contributed by atoms with Gasteiger partial charge in [-0.05, 0) is 62.6 Å². The maximum Gasteiger partial charge on any atom is 0.257 e. The van der Waals surface area contributed by atoms with Crippen molar-refractivity contribution in [2.45, 2.75) is 39.0 Å². The highest BCUT2D eigenvalue weighted by Crippen LogP contribution is 2.37. The normalized spacial score (nSPS) is 14.9. The maximum absolute atomic E-state index is 13.0. The Morgan fingerprint density at radius 2 is 1.59 bits per heavy atom. The number of hydrogen-bond donors (Lipinski definition) is 3. The van der Waals surface area contributed by atoms with Crippen molar-refractivity contribution in [3.05, 3.63) is 70.2 Å². The summed E-state index contributed by atoms with van der Waals surface area (Å²) in [6.07, 6.45) is 2.45. The molecule has 0 aliphatic heterocycles. The summed E-state index contributed by atoms with van der Waals surface area (Å²) < 4.78 is 0. The SMILES string of the molecule is CC(=O)Nc1ccc(NC(=O)C2CCCc3sc(NC(=O)c4ccc(C)cc4)nc32)cc1. The molecule has 0 saturated carbocycles. The Kier molecular flexibility index (Phi) is 6.32. The van der Waals surface area contributed by atoms with E-state index < -0.39 is 0 Å². The Morgan fingerprint density at radius 1 is 0.938 bits per heavy atom. The number of carbonyl (C=O) groups excluding carboxylic acids is 3. The molecule has 0 radical (unpaired) electrons. The zero-order valence-corrected chi connectivity index (χ0v) is 18.7. The monoisotopic (exact) mass is 448 g/mol. The minimum Gasteiger partial charge on any atom is -0.326 e. The fourth-order valence-electron chi connectivity index (χ4n) is 3.67. The minimum atomic E-state index is -0.366. The summed E-state index contributed by atoms with van der Waals surface area (Å²) >= 11 is 1.43. The van der Waals surface area contributed by atoms with E-state index in [0.717, 1.165) is 29.0 Å². The highest BCUT2D eigenvalue weighted by Gasteiger charge is 2.30. The van der Waals surface area contributed by atoms with Gasteiger partial charge in [-0.2, -0.15) is 0 Å². The van der Waals surface area contributed by atoms with E-state index in [0.29, 0.717) is 28.5 Å². The molecule has 0 bridgehead atoms. The molecule has 0 fully saturated rings. The lowest BCUT2D eigenvalue weighted by molar-refractivity contribution is -0.118. The van der Waals surface area contributed by atoms with E-state index >= 15 is 0 Å². The van der Waals surface area contributed by atoms with Crippen LogP contribution in [0.25, 0.3) is 0 Å². The molecule has 1 aromatic heterocycles. The first-order valence-electron chi connectivity index (χ1n) is 10.4. The first-order chi connectivity index (χ1) is 15.4. The highest BCUT2D eigenvalue weighted by molar-refractivity contribution is 7.16. The van der Waals surface area contributed by atoms with Crippen molar-refractivity contribution in [2.24, 2.45) is 0 Å². The van der Waals surface area contributed by atoms with Crippen LogP contribution in [0.15, 0.2) is 48.5 Å². The van der Waals surface area contributed by atoms with Crippen molar-refractivity contribution >= 4 is 45.6 Å². The van der Waals surface area contributed by atoms with Gasteiger partial charge in [0.25, 0.3) is 5.91 Å². The van der Waals surface area contributed by atoms with Crippen LogP contribution in [0.3, 0.4) is 0 Å². The third-order valence-electron chi connectivity index (χ3n) is 5.28. The van der Waals surface area contributed by atoms with E-state index in [-0.39, 0.29) is 23.6 Å². The molecule has 1 aliphatic carbocycles. The Bertz CT molecular complexity index is 1150. The van der Waals surface area contributed by atoms with Crippen LogP contribution < -0.4 is 16.0 Å². The summed E-state index contributed by atoms with van der Waals surface area (Å²) in [5.41, 5.74) is 3.72. The van der Waals surface area contributed by atoms with E-state index in [9.17, 15) is 14.4 Å². The maximum atomic E-state index is 13.0. The number of thiazole rings is 1. The number of aryl methyl sites for hydroxylation is 2. The fraction of sp³-hybridized carbons (Fsp3) is 0.250. The average molecular weight is 449 g/mol. The van der Waals surface area contributed by atoms with Gasteiger partial charge in [0.2, 0.25) is 11.8 Å².